The molecule has 3 unspecified atom stereocenters. The average Bonchev–Trinajstić information content (AvgIpc) is 3.08. The molecule has 0 radical (unpaired) electrons. The predicted molar refractivity (Wildman–Crippen MR) is 381 cm³/mol. The molecule has 0 aliphatic carbocycles. The summed E-state index contributed by atoms with van der Waals surface area (Å²) in [5.41, 5.74) is 0. The number of aliphatic hydroxyl groups excluding tert-OH is 1. The molecule has 0 fully saturated rings. The second-order valence-electron chi connectivity index (χ2n) is 28.7. The summed E-state index contributed by atoms with van der Waals surface area (Å²) in [4.78, 5) is 72.8. The zero-order valence-corrected chi connectivity index (χ0v) is 63.4. The molecule has 0 saturated heterocycles. The van der Waals surface area contributed by atoms with Gasteiger partial charge in [-0.3, -0.25) is 37.3 Å². The summed E-state index contributed by atoms with van der Waals surface area (Å²) in [5.74, 6) is 0.915. The molecular weight excluding hydrogens is 1230 g/mol. The van der Waals surface area contributed by atoms with E-state index in [9.17, 15) is 43.2 Å². The van der Waals surface area contributed by atoms with E-state index in [1.165, 1.54) is 173 Å². The minimum Gasteiger partial charge on any atom is -0.462 e. The number of hydrogen-bond acceptors (Lipinski definition) is 15. The summed E-state index contributed by atoms with van der Waals surface area (Å²) in [6, 6.07) is 0. The first-order chi connectivity index (χ1) is 45.1. The van der Waals surface area contributed by atoms with E-state index in [1.807, 2.05) is 0 Å². The van der Waals surface area contributed by atoms with E-state index >= 15 is 0 Å². The van der Waals surface area contributed by atoms with Crippen LogP contribution in [0.5, 0.6) is 0 Å². The van der Waals surface area contributed by atoms with Crippen LogP contribution in [0.15, 0.2) is 0 Å². The SMILES string of the molecule is CCC(C)CCCCCCCCC(=O)OC[C@H](COP(=O)(O)OC[C@H](O)COP(=O)(O)OC[C@@H](COC(=O)CCCCCCCCCCC(C)C)OC(=O)CCCCCCCCCCCCCCCCC(C)C)OC(=O)CCCCCCCCCCCCCCCC(C)C. The standard InChI is InChI=1S/C75H146O17P2/c1-9-68(8)54-46-38-33-34-40-48-56-73(78)86-62-71(92-75(80)58-50-42-32-24-20-16-12-14-18-22-28-36-44-52-66(4)5)64-90-94(83,84)88-60-69(76)59-87-93(81,82)89-63-70(61-85-72(77)55-47-39-30-26-25-29-37-45-53-67(6)7)91-74(79)57-49-41-31-23-19-15-11-10-13-17-21-27-35-43-51-65(2)3/h65-71,76H,9-64H2,1-8H3,(H,81,82)(H,83,84)/t68?,69-,70-,71-/m1/s1. The summed E-state index contributed by atoms with van der Waals surface area (Å²) in [7, 11) is -9.91. The number of unbranched alkanes of at least 4 members (excludes halogenated alkanes) is 37. The van der Waals surface area contributed by atoms with E-state index in [-0.39, 0.29) is 25.7 Å². The molecule has 558 valence electrons. The molecule has 0 aromatic heterocycles. The molecule has 0 saturated carbocycles. The highest BCUT2D eigenvalue weighted by molar-refractivity contribution is 7.47. The number of carbonyl (C=O) groups excluding carboxylic acids is 4. The number of carbonyl (C=O) groups is 4. The van der Waals surface area contributed by atoms with Crippen LogP contribution >= 0.6 is 15.6 Å². The minimum absolute atomic E-state index is 0.106. The van der Waals surface area contributed by atoms with Crippen LogP contribution in [-0.2, 0) is 65.4 Å². The maximum Gasteiger partial charge on any atom is 0.472 e. The fourth-order valence-electron chi connectivity index (χ4n) is 11.3. The van der Waals surface area contributed by atoms with Crippen LogP contribution in [0.25, 0.3) is 0 Å². The Bertz CT molecular complexity index is 1850. The lowest BCUT2D eigenvalue weighted by Gasteiger charge is -2.21. The summed E-state index contributed by atoms with van der Waals surface area (Å²) >= 11 is 0. The van der Waals surface area contributed by atoms with Crippen molar-refractivity contribution in [3.05, 3.63) is 0 Å². The lowest BCUT2D eigenvalue weighted by atomic mass is 10.00. The Morgan fingerprint density at radius 1 is 0.298 bits per heavy atom. The molecule has 0 heterocycles. The summed E-state index contributed by atoms with van der Waals surface area (Å²) in [6.07, 6.45) is 48.6. The number of phosphoric acid groups is 2. The van der Waals surface area contributed by atoms with Gasteiger partial charge in [0.1, 0.15) is 19.3 Å². The molecule has 19 heteroatoms. The first-order valence-corrected chi connectivity index (χ1v) is 41.7. The number of phosphoric ester groups is 2. The summed E-state index contributed by atoms with van der Waals surface area (Å²) in [5, 5.41) is 10.6. The van der Waals surface area contributed by atoms with E-state index in [1.54, 1.807) is 0 Å². The third-order valence-corrected chi connectivity index (χ3v) is 19.6. The number of hydrogen-bond donors (Lipinski definition) is 3. The second kappa shape index (κ2) is 64.4. The van der Waals surface area contributed by atoms with E-state index in [2.05, 4.69) is 55.4 Å². The fourth-order valence-corrected chi connectivity index (χ4v) is 12.9. The van der Waals surface area contributed by atoms with Gasteiger partial charge in [0.25, 0.3) is 0 Å². The largest absolute Gasteiger partial charge is 0.472 e. The molecule has 0 aliphatic heterocycles. The minimum atomic E-state index is -4.96. The van der Waals surface area contributed by atoms with Crippen LogP contribution in [0.2, 0.25) is 0 Å². The van der Waals surface area contributed by atoms with Gasteiger partial charge in [-0.2, -0.15) is 0 Å². The Hall–Kier alpha value is -1.94. The van der Waals surface area contributed by atoms with Crippen molar-refractivity contribution in [3.8, 4) is 0 Å². The van der Waals surface area contributed by atoms with Crippen molar-refractivity contribution in [2.45, 2.75) is 395 Å². The van der Waals surface area contributed by atoms with E-state index in [0.29, 0.717) is 25.7 Å². The number of aliphatic hydroxyl groups is 1. The molecular formula is C75H146O17P2. The Morgan fingerprint density at radius 3 is 0.755 bits per heavy atom. The van der Waals surface area contributed by atoms with Crippen molar-refractivity contribution in [1.82, 2.24) is 0 Å². The molecule has 0 amide bonds. The van der Waals surface area contributed by atoms with Crippen LogP contribution in [-0.4, -0.2) is 96.7 Å². The zero-order valence-electron chi connectivity index (χ0n) is 61.6. The quantitative estimate of drug-likeness (QED) is 0.0222. The third-order valence-electron chi connectivity index (χ3n) is 17.7. The van der Waals surface area contributed by atoms with E-state index in [0.717, 1.165) is 120 Å². The first-order valence-electron chi connectivity index (χ1n) is 38.7. The fraction of sp³-hybridized carbons (Fsp3) is 0.947. The van der Waals surface area contributed by atoms with Crippen molar-refractivity contribution in [2.24, 2.45) is 23.7 Å². The molecule has 0 rings (SSSR count). The van der Waals surface area contributed by atoms with E-state index < -0.39 is 97.5 Å². The highest BCUT2D eigenvalue weighted by Crippen LogP contribution is 2.45. The maximum absolute atomic E-state index is 13.1. The van der Waals surface area contributed by atoms with Gasteiger partial charge in [0.15, 0.2) is 12.2 Å². The molecule has 94 heavy (non-hydrogen) atoms. The molecule has 0 bridgehead atoms. The Balaban J connectivity index is 5.24. The Labute approximate surface area is 575 Å². The van der Waals surface area contributed by atoms with Gasteiger partial charge in [-0.1, -0.05) is 325 Å². The zero-order chi connectivity index (χ0) is 69.6. The molecule has 17 nitrogen and oxygen atoms in total. The predicted octanol–water partition coefficient (Wildman–Crippen LogP) is 21.7. The number of rotatable bonds is 72. The highest BCUT2D eigenvalue weighted by Gasteiger charge is 2.30. The van der Waals surface area contributed by atoms with Crippen LogP contribution < -0.4 is 0 Å². The molecule has 0 aliphatic rings. The lowest BCUT2D eigenvalue weighted by Crippen LogP contribution is -2.30. The molecule has 0 aromatic carbocycles. The maximum atomic E-state index is 13.1. The molecule has 6 atom stereocenters. The van der Waals surface area contributed by atoms with Crippen molar-refractivity contribution in [2.75, 3.05) is 39.6 Å². The Kier molecular flexibility index (Phi) is 63.1. The van der Waals surface area contributed by atoms with Crippen molar-refractivity contribution < 1.29 is 80.2 Å². The van der Waals surface area contributed by atoms with Gasteiger partial charge in [-0.25, -0.2) is 9.13 Å². The monoisotopic (exact) mass is 1380 g/mol. The van der Waals surface area contributed by atoms with Crippen molar-refractivity contribution in [1.29, 1.82) is 0 Å². The number of esters is 4. The van der Waals surface area contributed by atoms with Gasteiger partial charge in [-0.15, -0.1) is 0 Å². The van der Waals surface area contributed by atoms with Gasteiger partial charge < -0.3 is 33.8 Å². The summed E-state index contributed by atoms with van der Waals surface area (Å²) < 4.78 is 68.5. The Morgan fingerprint density at radius 2 is 0.511 bits per heavy atom. The van der Waals surface area contributed by atoms with Crippen LogP contribution in [0, 0.1) is 23.7 Å². The van der Waals surface area contributed by atoms with Crippen molar-refractivity contribution >= 4 is 39.5 Å². The normalized spacial score (nSPS) is 14.4. The van der Waals surface area contributed by atoms with Crippen LogP contribution in [0.1, 0.15) is 376 Å². The smallest absolute Gasteiger partial charge is 0.462 e. The first kappa shape index (κ1) is 92.1. The molecule has 0 aromatic rings. The van der Waals surface area contributed by atoms with Crippen molar-refractivity contribution in [3.63, 3.8) is 0 Å². The molecule has 0 spiro atoms. The second-order valence-corrected chi connectivity index (χ2v) is 31.6. The molecule has 3 N–H and O–H groups in total. The van der Waals surface area contributed by atoms with Gasteiger partial charge >= 0.3 is 39.5 Å². The average molecular weight is 1380 g/mol. The lowest BCUT2D eigenvalue weighted by molar-refractivity contribution is -0.161. The van der Waals surface area contributed by atoms with Gasteiger partial charge in [0, 0.05) is 25.7 Å². The summed E-state index contributed by atoms with van der Waals surface area (Å²) in [6.45, 7) is 14.2. The van der Waals surface area contributed by atoms with Gasteiger partial charge in [-0.05, 0) is 49.4 Å². The van der Waals surface area contributed by atoms with Gasteiger partial charge in [0.2, 0.25) is 0 Å². The van der Waals surface area contributed by atoms with Crippen LogP contribution in [0.3, 0.4) is 0 Å². The third kappa shape index (κ3) is 67.3. The van der Waals surface area contributed by atoms with E-state index in [4.69, 9.17) is 37.0 Å². The topological polar surface area (TPSA) is 237 Å². The van der Waals surface area contributed by atoms with Crippen LogP contribution in [0.4, 0.5) is 0 Å². The highest BCUT2D eigenvalue weighted by atomic mass is 31.2. The number of ether oxygens (including phenoxy) is 4. The van der Waals surface area contributed by atoms with Gasteiger partial charge in [0.05, 0.1) is 26.4 Å².